The van der Waals surface area contributed by atoms with Gasteiger partial charge in [0.1, 0.15) is 5.75 Å². The van der Waals surface area contributed by atoms with E-state index in [0.29, 0.717) is 11.4 Å². The number of ether oxygens (including phenoxy) is 1. The number of piperazine rings is 1. The van der Waals surface area contributed by atoms with E-state index in [1.807, 2.05) is 0 Å². The van der Waals surface area contributed by atoms with Gasteiger partial charge >= 0.3 is 0 Å². The second kappa shape index (κ2) is 7.80. The molecular formula is C20H23N3O3S. The van der Waals surface area contributed by atoms with Gasteiger partial charge in [-0.2, -0.15) is 0 Å². The zero-order chi connectivity index (χ0) is 18.8. The van der Waals surface area contributed by atoms with Crippen molar-refractivity contribution >= 4 is 28.8 Å². The molecule has 2 aliphatic rings. The predicted octanol–water partition coefficient (Wildman–Crippen LogP) is 2.21. The molecular weight excluding hydrogens is 362 g/mol. The average molecular weight is 385 g/mol. The van der Waals surface area contributed by atoms with Crippen molar-refractivity contribution in [3.8, 4) is 5.75 Å². The molecule has 0 radical (unpaired) electrons. The van der Waals surface area contributed by atoms with E-state index < -0.39 is 0 Å². The van der Waals surface area contributed by atoms with Gasteiger partial charge in [0.2, 0.25) is 5.91 Å². The zero-order valence-electron chi connectivity index (χ0n) is 15.3. The van der Waals surface area contributed by atoms with Crippen LogP contribution in [0.4, 0.5) is 5.69 Å². The van der Waals surface area contributed by atoms with Crippen molar-refractivity contribution in [2.24, 2.45) is 0 Å². The summed E-state index contributed by atoms with van der Waals surface area (Å²) in [5.74, 6) is 0.462. The van der Waals surface area contributed by atoms with E-state index in [2.05, 4.69) is 27.3 Å². The number of rotatable bonds is 5. The third kappa shape index (κ3) is 3.76. The molecule has 2 aromatic rings. The van der Waals surface area contributed by atoms with E-state index in [1.165, 1.54) is 9.78 Å². The highest BCUT2D eigenvalue weighted by Crippen LogP contribution is 2.28. The summed E-state index contributed by atoms with van der Waals surface area (Å²) in [5, 5.41) is 2.10. The lowest BCUT2D eigenvalue weighted by Crippen LogP contribution is -2.52. The van der Waals surface area contributed by atoms with Crippen LogP contribution in [0.25, 0.3) is 0 Å². The molecule has 1 aromatic carbocycles. The molecule has 2 saturated heterocycles. The van der Waals surface area contributed by atoms with Gasteiger partial charge < -0.3 is 4.74 Å². The second-order valence-electron chi connectivity index (χ2n) is 6.88. The highest BCUT2D eigenvalue weighted by molar-refractivity contribution is 7.09. The molecule has 0 aliphatic carbocycles. The maximum absolute atomic E-state index is 12.9. The molecule has 0 bridgehead atoms. The number of imide groups is 1. The standard InChI is InChI=1S/C20H23N3O3S/c1-26-16-6-4-15(5-7-16)23-19(24)13-18(20(23)25)22-10-8-21(9-11-22)14-17-3-2-12-27-17/h2-7,12,18H,8-11,13-14H2,1H3/t18-/m0/s1. The SMILES string of the molecule is COc1ccc(N2C(=O)C[C@H](N3CCN(Cc4cccs4)CC3)C2=O)cc1. The summed E-state index contributed by atoms with van der Waals surface area (Å²) in [6, 6.07) is 10.9. The number of anilines is 1. The van der Waals surface area contributed by atoms with Crippen LogP contribution < -0.4 is 9.64 Å². The lowest BCUT2D eigenvalue weighted by molar-refractivity contribution is -0.123. The van der Waals surface area contributed by atoms with Crippen LogP contribution >= 0.6 is 11.3 Å². The van der Waals surface area contributed by atoms with Gasteiger partial charge in [0.15, 0.2) is 0 Å². The topological polar surface area (TPSA) is 53.1 Å². The molecule has 6 nitrogen and oxygen atoms in total. The summed E-state index contributed by atoms with van der Waals surface area (Å²) < 4.78 is 5.15. The molecule has 4 rings (SSSR count). The fourth-order valence-corrected chi connectivity index (χ4v) is 4.51. The van der Waals surface area contributed by atoms with Gasteiger partial charge in [-0.15, -0.1) is 11.3 Å². The molecule has 2 aliphatic heterocycles. The largest absolute Gasteiger partial charge is 0.497 e. The maximum atomic E-state index is 12.9. The Balaban J connectivity index is 1.38. The van der Waals surface area contributed by atoms with Gasteiger partial charge in [-0.1, -0.05) is 6.07 Å². The molecule has 0 unspecified atom stereocenters. The fraction of sp³-hybridized carbons (Fsp3) is 0.400. The van der Waals surface area contributed by atoms with Gasteiger partial charge in [-0.25, -0.2) is 4.90 Å². The first kappa shape index (κ1) is 18.2. The minimum absolute atomic E-state index is 0.114. The van der Waals surface area contributed by atoms with E-state index in [-0.39, 0.29) is 24.3 Å². The monoisotopic (exact) mass is 385 g/mol. The van der Waals surface area contributed by atoms with E-state index in [9.17, 15) is 9.59 Å². The molecule has 0 saturated carbocycles. The Hall–Kier alpha value is -2.22. The molecule has 2 amide bonds. The van der Waals surface area contributed by atoms with Crippen molar-refractivity contribution in [3.05, 3.63) is 46.7 Å². The van der Waals surface area contributed by atoms with Crippen LogP contribution in [-0.2, 0) is 16.1 Å². The first-order valence-electron chi connectivity index (χ1n) is 9.15. The van der Waals surface area contributed by atoms with Crippen LogP contribution in [0.1, 0.15) is 11.3 Å². The number of hydrogen-bond donors (Lipinski definition) is 0. The van der Waals surface area contributed by atoms with E-state index in [4.69, 9.17) is 4.74 Å². The third-order valence-electron chi connectivity index (χ3n) is 5.26. The summed E-state index contributed by atoms with van der Waals surface area (Å²) in [7, 11) is 1.59. The Labute approximate surface area is 162 Å². The average Bonchev–Trinajstić information content (AvgIpc) is 3.30. The van der Waals surface area contributed by atoms with Crippen molar-refractivity contribution in [2.45, 2.75) is 19.0 Å². The van der Waals surface area contributed by atoms with Crippen molar-refractivity contribution < 1.29 is 14.3 Å². The van der Waals surface area contributed by atoms with E-state index in [1.54, 1.807) is 42.7 Å². The summed E-state index contributed by atoms with van der Waals surface area (Å²) >= 11 is 1.77. The number of amides is 2. The first-order valence-corrected chi connectivity index (χ1v) is 10.0. The molecule has 2 fully saturated rings. The van der Waals surface area contributed by atoms with Gasteiger partial charge in [0.25, 0.3) is 5.91 Å². The summed E-state index contributed by atoms with van der Waals surface area (Å²) in [6.07, 6.45) is 0.260. The molecule has 27 heavy (non-hydrogen) atoms. The summed E-state index contributed by atoms with van der Waals surface area (Å²) in [4.78, 5) is 32.7. The molecule has 3 heterocycles. The van der Waals surface area contributed by atoms with Crippen LogP contribution in [0.2, 0.25) is 0 Å². The van der Waals surface area contributed by atoms with E-state index >= 15 is 0 Å². The number of thiophene rings is 1. The van der Waals surface area contributed by atoms with Crippen LogP contribution in [-0.4, -0.2) is 60.9 Å². The number of carbonyl (C=O) groups is 2. The van der Waals surface area contributed by atoms with Crippen molar-refractivity contribution in [3.63, 3.8) is 0 Å². The summed E-state index contributed by atoms with van der Waals surface area (Å²) in [5.41, 5.74) is 0.615. The number of methoxy groups -OCH3 is 1. The number of hydrogen-bond acceptors (Lipinski definition) is 6. The Morgan fingerprint density at radius 1 is 1.07 bits per heavy atom. The normalized spacial score (nSPS) is 21.8. The lowest BCUT2D eigenvalue weighted by Gasteiger charge is -2.36. The molecule has 0 N–H and O–H groups in total. The van der Waals surface area contributed by atoms with Gasteiger partial charge in [-0.05, 0) is 35.7 Å². The lowest BCUT2D eigenvalue weighted by atomic mass is 10.1. The van der Waals surface area contributed by atoms with Gasteiger partial charge in [-0.3, -0.25) is 19.4 Å². The first-order chi connectivity index (χ1) is 13.2. The highest BCUT2D eigenvalue weighted by atomic mass is 32.1. The summed E-state index contributed by atoms with van der Waals surface area (Å²) in [6.45, 7) is 4.41. The second-order valence-corrected chi connectivity index (χ2v) is 7.91. The highest BCUT2D eigenvalue weighted by Gasteiger charge is 2.43. The van der Waals surface area contributed by atoms with Gasteiger partial charge in [0.05, 0.1) is 25.3 Å². The van der Waals surface area contributed by atoms with Crippen molar-refractivity contribution in [2.75, 3.05) is 38.2 Å². The molecule has 7 heteroatoms. The van der Waals surface area contributed by atoms with Crippen LogP contribution in [0.15, 0.2) is 41.8 Å². The van der Waals surface area contributed by atoms with Crippen molar-refractivity contribution in [1.82, 2.24) is 9.80 Å². The smallest absolute Gasteiger partial charge is 0.251 e. The van der Waals surface area contributed by atoms with E-state index in [0.717, 1.165) is 32.7 Å². The minimum atomic E-state index is -0.344. The maximum Gasteiger partial charge on any atom is 0.251 e. The van der Waals surface area contributed by atoms with Crippen LogP contribution in [0.3, 0.4) is 0 Å². The minimum Gasteiger partial charge on any atom is -0.497 e. The molecule has 0 spiro atoms. The molecule has 1 atom stereocenters. The Morgan fingerprint density at radius 2 is 1.81 bits per heavy atom. The van der Waals surface area contributed by atoms with Crippen LogP contribution in [0.5, 0.6) is 5.75 Å². The number of benzene rings is 1. The zero-order valence-corrected chi connectivity index (χ0v) is 16.2. The molecule has 142 valence electrons. The fourth-order valence-electron chi connectivity index (χ4n) is 3.76. The Bertz CT molecular complexity index is 798. The number of nitrogens with zero attached hydrogens (tertiary/aromatic N) is 3. The van der Waals surface area contributed by atoms with Crippen molar-refractivity contribution in [1.29, 1.82) is 0 Å². The van der Waals surface area contributed by atoms with Crippen LogP contribution in [0, 0.1) is 0 Å². The predicted molar refractivity (Wildman–Crippen MR) is 105 cm³/mol. The number of carbonyl (C=O) groups excluding carboxylic acids is 2. The quantitative estimate of drug-likeness (QED) is 0.739. The third-order valence-corrected chi connectivity index (χ3v) is 6.12. The van der Waals surface area contributed by atoms with Gasteiger partial charge in [0, 0.05) is 37.6 Å². The molecule has 1 aromatic heterocycles. The Morgan fingerprint density at radius 3 is 2.44 bits per heavy atom. The Kier molecular flexibility index (Phi) is 5.24.